The Morgan fingerprint density at radius 3 is 2.76 bits per heavy atom. The van der Waals surface area contributed by atoms with Crippen molar-refractivity contribution in [2.45, 2.75) is 38.1 Å². The van der Waals surface area contributed by atoms with E-state index in [0.29, 0.717) is 17.9 Å². The summed E-state index contributed by atoms with van der Waals surface area (Å²) in [5.74, 6) is 0. The molecule has 8 heteroatoms. The molecule has 1 N–H and O–H groups in total. The lowest BCUT2D eigenvalue weighted by atomic mass is 10.1. The van der Waals surface area contributed by atoms with Crippen LogP contribution in [-0.4, -0.2) is 29.0 Å². The quantitative estimate of drug-likeness (QED) is 0.914. The highest BCUT2D eigenvalue weighted by Gasteiger charge is 2.36. The smallest absolute Gasteiger partial charge is 0.376 e. The van der Waals surface area contributed by atoms with Crippen LogP contribution in [0.1, 0.15) is 24.8 Å². The van der Waals surface area contributed by atoms with Crippen LogP contribution < -0.4 is 5.32 Å². The van der Waals surface area contributed by atoms with Gasteiger partial charge in [0.25, 0.3) is 0 Å². The molecule has 0 radical (unpaired) electrons. The molecule has 1 fully saturated rings. The van der Waals surface area contributed by atoms with Gasteiger partial charge in [-0.05, 0) is 19.8 Å². The highest BCUT2D eigenvalue weighted by Crippen LogP contribution is 2.33. The van der Waals surface area contributed by atoms with E-state index in [-0.39, 0.29) is 17.3 Å². The lowest BCUT2D eigenvalue weighted by Crippen LogP contribution is -2.29. The third-order valence-corrected chi connectivity index (χ3v) is 3.44. The van der Waals surface area contributed by atoms with Gasteiger partial charge >= 0.3 is 6.18 Å². The average molecular weight is 267 g/mol. The number of nitrogens with one attached hydrogen (secondary N) is 1. The second-order valence-corrected chi connectivity index (χ2v) is 4.87. The highest BCUT2D eigenvalue weighted by molar-refractivity contribution is 7.15. The van der Waals surface area contributed by atoms with Crippen molar-refractivity contribution in [1.82, 2.24) is 10.2 Å². The molecule has 0 bridgehead atoms. The average Bonchev–Trinajstić information content (AvgIpc) is 2.85. The second kappa shape index (κ2) is 4.77. The standard InChI is InChI=1S/C9H12F3N3OS/c1-5(6-3-2-4-16-6)13-8-15-14-7(17-8)9(10,11)12/h5-6H,2-4H2,1H3,(H,13,15). The number of nitrogens with zero attached hydrogens (tertiary/aromatic N) is 2. The maximum atomic E-state index is 12.3. The molecule has 1 aliphatic rings. The zero-order chi connectivity index (χ0) is 12.5. The van der Waals surface area contributed by atoms with Gasteiger partial charge in [-0.3, -0.25) is 0 Å². The van der Waals surface area contributed by atoms with Crippen LogP contribution in [0.5, 0.6) is 0 Å². The van der Waals surface area contributed by atoms with Crippen LogP contribution in [-0.2, 0) is 10.9 Å². The fraction of sp³-hybridized carbons (Fsp3) is 0.778. The fourth-order valence-corrected chi connectivity index (χ4v) is 2.39. The number of rotatable bonds is 3. The van der Waals surface area contributed by atoms with Crippen molar-refractivity contribution < 1.29 is 17.9 Å². The van der Waals surface area contributed by atoms with Crippen LogP contribution in [0.3, 0.4) is 0 Å². The third kappa shape index (κ3) is 3.06. The van der Waals surface area contributed by atoms with E-state index >= 15 is 0 Å². The van der Waals surface area contributed by atoms with Crippen LogP contribution in [0.15, 0.2) is 0 Å². The molecule has 1 saturated heterocycles. The summed E-state index contributed by atoms with van der Waals surface area (Å²) >= 11 is 0.513. The van der Waals surface area contributed by atoms with Crippen molar-refractivity contribution in [2.75, 3.05) is 11.9 Å². The van der Waals surface area contributed by atoms with Gasteiger partial charge in [0.05, 0.1) is 12.1 Å². The molecule has 0 spiro atoms. The van der Waals surface area contributed by atoms with Gasteiger partial charge in [-0.1, -0.05) is 11.3 Å². The van der Waals surface area contributed by atoms with Crippen molar-refractivity contribution in [1.29, 1.82) is 0 Å². The number of hydrogen-bond donors (Lipinski definition) is 1. The van der Waals surface area contributed by atoms with Gasteiger partial charge in [0.15, 0.2) is 0 Å². The topological polar surface area (TPSA) is 47.0 Å². The van der Waals surface area contributed by atoms with Crippen molar-refractivity contribution in [3.8, 4) is 0 Å². The molecule has 1 aromatic heterocycles. The number of halogens is 3. The van der Waals surface area contributed by atoms with E-state index in [2.05, 4.69) is 15.5 Å². The highest BCUT2D eigenvalue weighted by atomic mass is 32.1. The second-order valence-electron chi connectivity index (χ2n) is 3.89. The fourth-order valence-electron chi connectivity index (χ4n) is 1.68. The summed E-state index contributed by atoms with van der Waals surface area (Å²) in [5, 5.41) is 8.73. The van der Waals surface area contributed by atoms with E-state index in [0.717, 1.165) is 12.8 Å². The number of hydrogen-bond acceptors (Lipinski definition) is 5. The minimum atomic E-state index is -4.43. The molecule has 1 aliphatic heterocycles. The summed E-state index contributed by atoms with van der Waals surface area (Å²) in [6, 6.07) is -0.0634. The van der Waals surface area contributed by atoms with E-state index in [1.54, 1.807) is 0 Å². The minimum Gasteiger partial charge on any atom is -0.376 e. The molecule has 2 rings (SSSR count). The minimum absolute atomic E-state index is 0.0354. The Kier molecular flexibility index (Phi) is 3.53. The first kappa shape index (κ1) is 12.6. The zero-order valence-electron chi connectivity index (χ0n) is 9.12. The molecule has 0 amide bonds. The van der Waals surface area contributed by atoms with Crippen molar-refractivity contribution in [3.63, 3.8) is 0 Å². The monoisotopic (exact) mass is 267 g/mol. The number of ether oxygens (including phenoxy) is 1. The summed E-state index contributed by atoms with van der Waals surface area (Å²) in [4.78, 5) is 0. The molecule has 17 heavy (non-hydrogen) atoms. The van der Waals surface area contributed by atoms with Gasteiger partial charge in [-0.2, -0.15) is 13.2 Å². The summed E-state index contributed by atoms with van der Waals surface area (Å²) in [5.41, 5.74) is 0. The number of anilines is 1. The summed E-state index contributed by atoms with van der Waals surface area (Å²) in [7, 11) is 0. The van der Waals surface area contributed by atoms with E-state index in [1.165, 1.54) is 0 Å². The molecule has 2 heterocycles. The predicted octanol–water partition coefficient (Wildman–Crippen LogP) is 2.54. The van der Waals surface area contributed by atoms with Crippen molar-refractivity contribution in [3.05, 3.63) is 5.01 Å². The van der Waals surface area contributed by atoms with Crippen LogP contribution in [0.4, 0.5) is 18.3 Å². The molecule has 0 saturated carbocycles. The van der Waals surface area contributed by atoms with Crippen LogP contribution in [0, 0.1) is 0 Å². The summed E-state index contributed by atoms with van der Waals surface area (Å²) in [6.45, 7) is 2.57. The SMILES string of the molecule is CC(Nc1nnc(C(F)(F)F)s1)C1CCCO1. The van der Waals surface area contributed by atoms with E-state index < -0.39 is 11.2 Å². The molecule has 1 aromatic rings. The largest absolute Gasteiger partial charge is 0.445 e. The Labute approximate surface area is 100 Å². The Morgan fingerprint density at radius 2 is 2.24 bits per heavy atom. The van der Waals surface area contributed by atoms with E-state index in [4.69, 9.17) is 4.74 Å². The van der Waals surface area contributed by atoms with E-state index in [9.17, 15) is 13.2 Å². The van der Waals surface area contributed by atoms with Crippen LogP contribution >= 0.6 is 11.3 Å². The van der Waals surface area contributed by atoms with Crippen LogP contribution in [0.25, 0.3) is 0 Å². The molecule has 2 atom stereocenters. The Balaban J connectivity index is 1.96. The van der Waals surface area contributed by atoms with Crippen molar-refractivity contribution >= 4 is 16.5 Å². The third-order valence-electron chi connectivity index (χ3n) is 2.54. The maximum absolute atomic E-state index is 12.3. The van der Waals surface area contributed by atoms with E-state index in [1.807, 2.05) is 6.92 Å². The summed E-state index contributed by atoms with van der Waals surface area (Å²) < 4.78 is 42.3. The van der Waals surface area contributed by atoms with Gasteiger partial charge in [0, 0.05) is 6.61 Å². The molecule has 0 aromatic carbocycles. The van der Waals surface area contributed by atoms with Crippen LogP contribution in [0.2, 0.25) is 0 Å². The van der Waals surface area contributed by atoms with Crippen molar-refractivity contribution in [2.24, 2.45) is 0 Å². The lowest BCUT2D eigenvalue weighted by molar-refractivity contribution is -0.138. The first-order chi connectivity index (χ1) is 7.97. The Morgan fingerprint density at radius 1 is 1.47 bits per heavy atom. The molecular formula is C9H12F3N3OS. The molecule has 0 aliphatic carbocycles. The molecule has 4 nitrogen and oxygen atoms in total. The normalized spacial score (nSPS) is 22.7. The van der Waals surface area contributed by atoms with Gasteiger partial charge in [-0.25, -0.2) is 0 Å². The Bertz CT molecular complexity index is 376. The number of alkyl halides is 3. The van der Waals surface area contributed by atoms with Gasteiger partial charge in [-0.15, -0.1) is 10.2 Å². The first-order valence-electron chi connectivity index (χ1n) is 5.25. The lowest BCUT2D eigenvalue weighted by Gasteiger charge is -2.18. The Hall–Kier alpha value is -0.890. The van der Waals surface area contributed by atoms with Gasteiger partial charge in [0.2, 0.25) is 10.1 Å². The van der Waals surface area contributed by atoms with Gasteiger partial charge in [0.1, 0.15) is 0 Å². The summed E-state index contributed by atoms with van der Waals surface area (Å²) in [6.07, 6.45) is -2.49. The molecule has 2 unspecified atom stereocenters. The molecule has 96 valence electrons. The number of aromatic nitrogens is 2. The predicted molar refractivity (Wildman–Crippen MR) is 57.0 cm³/mol. The first-order valence-corrected chi connectivity index (χ1v) is 6.07. The molecular weight excluding hydrogens is 255 g/mol. The maximum Gasteiger partial charge on any atom is 0.445 e. The van der Waals surface area contributed by atoms with Gasteiger partial charge < -0.3 is 10.1 Å². The zero-order valence-corrected chi connectivity index (χ0v) is 9.94.